The maximum absolute atomic E-state index is 5.73. The molecule has 3 heterocycles. The quantitative estimate of drug-likeness (QED) is 0.836. The van der Waals surface area contributed by atoms with Crippen molar-refractivity contribution in [1.82, 2.24) is 9.88 Å². The minimum Gasteiger partial charge on any atom is -0.384 e. The van der Waals surface area contributed by atoms with Gasteiger partial charge in [-0.2, -0.15) is 0 Å². The number of nitrogens with two attached hydrogens (primary N) is 1. The van der Waals surface area contributed by atoms with Gasteiger partial charge in [0.25, 0.3) is 0 Å². The van der Waals surface area contributed by atoms with Crippen LogP contribution in [0.2, 0.25) is 0 Å². The van der Waals surface area contributed by atoms with Crippen LogP contribution in [-0.4, -0.2) is 42.1 Å². The average molecular weight is 232 g/mol. The van der Waals surface area contributed by atoms with E-state index in [4.69, 9.17) is 5.73 Å². The van der Waals surface area contributed by atoms with Crippen LogP contribution in [0, 0.1) is 0 Å². The molecule has 0 radical (unpaired) electrons. The Bertz CT molecular complexity index is 387. The minimum absolute atomic E-state index is 0.618. The highest BCUT2D eigenvalue weighted by Gasteiger charge is 2.29. The van der Waals surface area contributed by atoms with Crippen molar-refractivity contribution in [2.24, 2.45) is 0 Å². The van der Waals surface area contributed by atoms with Crippen molar-refractivity contribution in [2.45, 2.75) is 25.3 Å². The van der Waals surface area contributed by atoms with Crippen LogP contribution < -0.4 is 10.6 Å². The van der Waals surface area contributed by atoms with Crippen molar-refractivity contribution in [3.05, 3.63) is 18.2 Å². The van der Waals surface area contributed by atoms with Gasteiger partial charge < -0.3 is 10.6 Å². The van der Waals surface area contributed by atoms with Crippen molar-refractivity contribution in [1.29, 1.82) is 0 Å². The van der Waals surface area contributed by atoms with E-state index in [0.29, 0.717) is 5.82 Å². The fourth-order valence-electron chi connectivity index (χ4n) is 2.97. The molecule has 4 heteroatoms. The first-order valence-electron chi connectivity index (χ1n) is 6.54. The molecule has 3 rings (SSSR count). The molecule has 2 aliphatic heterocycles. The predicted octanol–water partition coefficient (Wildman–Crippen LogP) is 1.34. The summed E-state index contributed by atoms with van der Waals surface area (Å²) in [5.41, 5.74) is 5.73. The van der Waals surface area contributed by atoms with Crippen LogP contribution >= 0.6 is 0 Å². The Morgan fingerprint density at radius 3 is 2.76 bits per heavy atom. The standard InChI is InChI=1S/C13H20N4/c14-12-4-3-5-13(15-12)17-9-6-11(10-17)16-7-1-2-8-16/h3-5,11H,1-2,6-10H2,(H2,14,15). The molecule has 2 saturated heterocycles. The van der Waals surface area contributed by atoms with Crippen LogP contribution in [0.3, 0.4) is 0 Å². The minimum atomic E-state index is 0.618. The second-order valence-electron chi connectivity index (χ2n) is 5.05. The summed E-state index contributed by atoms with van der Waals surface area (Å²) >= 11 is 0. The number of anilines is 2. The number of nitrogens with zero attached hydrogens (tertiary/aromatic N) is 3. The lowest BCUT2D eigenvalue weighted by molar-refractivity contribution is 0.260. The molecule has 0 aromatic carbocycles. The van der Waals surface area contributed by atoms with Crippen LogP contribution in [-0.2, 0) is 0 Å². The van der Waals surface area contributed by atoms with Crippen molar-refractivity contribution in [2.75, 3.05) is 36.8 Å². The molecule has 2 N–H and O–H groups in total. The lowest BCUT2D eigenvalue weighted by Crippen LogP contribution is -2.35. The number of pyridine rings is 1. The van der Waals surface area contributed by atoms with Crippen molar-refractivity contribution < 1.29 is 0 Å². The Labute approximate surface area is 102 Å². The molecule has 17 heavy (non-hydrogen) atoms. The summed E-state index contributed by atoms with van der Waals surface area (Å²) in [6.07, 6.45) is 4.00. The van der Waals surface area contributed by atoms with Crippen molar-refractivity contribution in [3.63, 3.8) is 0 Å². The fraction of sp³-hybridized carbons (Fsp3) is 0.615. The van der Waals surface area contributed by atoms with Crippen LogP contribution in [0.15, 0.2) is 18.2 Å². The number of hydrogen-bond acceptors (Lipinski definition) is 4. The van der Waals surface area contributed by atoms with Crippen molar-refractivity contribution >= 4 is 11.6 Å². The summed E-state index contributed by atoms with van der Waals surface area (Å²) < 4.78 is 0. The molecule has 92 valence electrons. The highest BCUT2D eigenvalue weighted by molar-refractivity contribution is 5.45. The smallest absolute Gasteiger partial charge is 0.131 e. The third-order valence-electron chi connectivity index (χ3n) is 3.90. The fourth-order valence-corrected chi connectivity index (χ4v) is 2.97. The first-order valence-corrected chi connectivity index (χ1v) is 6.54. The van der Waals surface area contributed by atoms with Crippen LogP contribution in [0.25, 0.3) is 0 Å². The first kappa shape index (κ1) is 10.8. The van der Waals surface area contributed by atoms with Gasteiger partial charge in [-0.05, 0) is 44.5 Å². The third kappa shape index (κ3) is 2.22. The normalized spacial score (nSPS) is 25.6. The number of nitrogen functional groups attached to an aromatic ring is 1. The average Bonchev–Trinajstić information content (AvgIpc) is 3.00. The number of rotatable bonds is 2. The molecule has 0 spiro atoms. The number of likely N-dealkylation sites (tertiary alicyclic amines) is 1. The molecule has 2 fully saturated rings. The van der Waals surface area contributed by atoms with E-state index in [-0.39, 0.29) is 0 Å². The maximum Gasteiger partial charge on any atom is 0.131 e. The van der Waals surface area contributed by atoms with Gasteiger partial charge in [0, 0.05) is 19.1 Å². The molecule has 0 bridgehead atoms. The summed E-state index contributed by atoms with van der Waals surface area (Å²) in [6.45, 7) is 4.78. The summed E-state index contributed by atoms with van der Waals surface area (Å²) in [4.78, 5) is 9.39. The maximum atomic E-state index is 5.73. The van der Waals surface area contributed by atoms with Gasteiger partial charge in [-0.15, -0.1) is 0 Å². The summed E-state index contributed by atoms with van der Waals surface area (Å²) in [7, 11) is 0. The number of aromatic nitrogens is 1. The van der Waals surface area contributed by atoms with E-state index in [2.05, 4.69) is 20.9 Å². The Hall–Kier alpha value is -1.29. The Morgan fingerprint density at radius 1 is 1.18 bits per heavy atom. The summed E-state index contributed by atoms with van der Waals surface area (Å²) in [5.74, 6) is 1.65. The third-order valence-corrected chi connectivity index (χ3v) is 3.90. The Morgan fingerprint density at radius 2 is 2.00 bits per heavy atom. The summed E-state index contributed by atoms with van der Waals surface area (Å²) in [5, 5.41) is 0. The topological polar surface area (TPSA) is 45.4 Å². The molecule has 2 aliphatic rings. The van der Waals surface area contributed by atoms with Gasteiger partial charge in [-0.25, -0.2) is 4.98 Å². The van der Waals surface area contributed by atoms with Crippen LogP contribution in [0.1, 0.15) is 19.3 Å². The Balaban J connectivity index is 1.67. The van der Waals surface area contributed by atoms with Gasteiger partial charge in [0.2, 0.25) is 0 Å². The molecule has 1 unspecified atom stereocenters. The highest BCUT2D eigenvalue weighted by atomic mass is 15.3. The zero-order chi connectivity index (χ0) is 11.7. The van der Waals surface area contributed by atoms with Gasteiger partial charge in [-0.1, -0.05) is 6.07 Å². The molecule has 4 nitrogen and oxygen atoms in total. The van der Waals surface area contributed by atoms with Gasteiger partial charge >= 0.3 is 0 Å². The van der Waals surface area contributed by atoms with Gasteiger partial charge in [0.05, 0.1) is 0 Å². The van der Waals surface area contributed by atoms with Crippen molar-refractivity contribution in [3.8, 4) is 0 Å². The van der Waals surface area contributed by atoms with E-state index in [1.165, 1.54) is 32.4 Å². The zero-order valence-electron chi connectivity index (χ0n) is 10.2. The second-order valence-corrected chi connectivity index (χ2v) is 5.05. The number of hydrogen-bond donors (Lipinski definition) is 1. The van der Waals surface area contributed by atoms with E-state index < -0.39 is 0 Å². The van der Waals surface area contributed by atoms with E-state index in [0.717, 1.165) is 24.9 Å². The Kier molecular flexibility index (Phi) is 2.89. The van der Waals surface area contributed by atoms with Gasteiger partial charge in [0.15, 0.2) is 0 Å². The lowest BCUT2D eigenvalue weighted by atomic mass is 10.2. The molecule has 1 aromatic rings. The molecule has 1 aromatic heterocycles. The van der Waals surface area contributed by atoms with E-state index in [9.17, 15) is 0 Å². The predicted molar refractivity (Wildman–Crippen MR) is 70.1 cm³/mol. The van der Waals surface area contributed by atoms with E-state index in [1.54, 1.807) is 0 Å². The van der Waals surface area contributed by atoms with E-state index >= 15 is 0 Å². The van der Waals surface area contributed by atoms with E-state index in [1.807, 2.05) is 12.1 Å². The zero-order valence-corrected chi connectivity index (χ0v) is 10.2. The van der Waals surface area contributed by atoms with Gasteiger partial charge in [-0.3, -0.25) is 4.90 Å². The van der Waals surface area contributed by atoms with Crippen LogP contribution in [0.5, 0.6) is 0 Å². The molecule has 0 aliphatic carbocycles. The summed E-state index contributed by atoms with van der Waals surface area (Å²) in [6, 6.07) is 6.61. The van der Waals surface area contributed by atoms with Gasteiger partial charge in [0.1, 0.15) is 11.6 Å². The molecule has 1 atom stereocenters. The first-order chi connectivity index (χ1) is 8.33. The largest absolute Gasteiger partial charge is 0.384 e. The SMILES string of the molecule is Nc1cccc(N2CCC(N3CCCC3)C2)n1. The molecule has 0 amide bonds. The molecular weight excluding hydrogens is 212 g/mol. The monoisotopic (exact) mass is 232 g/mol. The second kappa shape index (κ2) is 4.53. The van der Waals surface area contributed by atoms with Crippen LogP contribution in [0.4, 0.5) is 11.6 Å². The lowest BCUT2D eigenvalue weighted by Gasteiger charge is -2.24. The molecular formula is C13H20N4. The highest BCUT2D eigenvalue weighted by Crippen LogP contribution is 2.24. The molecule has 0 saturated carbocycles.